The summed E-state index contributed by atoms with van der Waals surface area (Å²) in [4.78, 5) is 28.4. The standard InChI is InChI=1S/C14H12F2N2O3.C2H2O4/c1-21-14-5-3-11(18(19)20)7-13(14)17-8-9-6-10(15)2-4-12(9)16;3-1(4)2(5)6/h2-7,17H,8H2,1H3;(H,3,4)(H,5,6). The van der Waals surface area contributed by atoms with Gasteiger partial charge < -0.3 is 20.3 Å². The minimum atomic E-state index is -1.82. The van der Waals surface area contributed by atoms with E-state index in [0.717, 1.165) is 18.2 Å². The summed E-state index contributed by atoms with van der Waals surface area (Å²) in [5.41, 5.74) is 0.317. The van der Waals surface area contributed by atoms with Gasteiger partial charge in [0.25, 0.3) is 5.69 Å². The molecule has 2 aromatic carbocycles. The Labute approximate surface area is 151 Å². The van der Waals surface area contributed by atoms with E-state index < -0.39 is 28.5 Å². The Morgan fingerprint density at radius 2 is 1.78 bits per heavy atom. The molecule has 0 aliphatic heterocycles. The third kappa shape index (κ3) is 6.57. The zero-order valence-electron chi connectivity index (χ0n) is 13.8. The van der Waals surface area contributed by atoms with Crippen molar-refractivity contribution in [3.05, 3.63) is 63.7 Å². The lowest BCUT2D eigenvalue weighted by Gasteiger charge is -2.11. The smallest absolute Gasteiger partial charge is 0.414 e. The van der Waals surface area contributed by atoms with Crippen LogP contribution in [0.3, 0.4) is 0 Å². The number of rotatable bonds is 5. The van der Waals surface area contributed by atoms with Gasteiger partial charge in [0, 0.05) is 24.2 Å². The Bertz CT molecular complexity index is 847. The summed E-state index contributed by atoms with van der Waals surface area (Å²) in [6.07, 6.45) is 0. The van der Waals surface area contributed by atoms with Crippen LogP contribution in [0.5, 0.6) is 5.75 Å². The van der Waals surface area contributed by atoms with Crippen LogP contribution in [0, 0.1) is 21.7 Å². The van der Waals surface area contributed by atoms with Crippen molar-refractivity contribution in [3.63, 3.8) is 0 Å². The zero-order valence-corrected chi connectivity index (χ0v) is 13.8. The molecule has 0 atom stereocenters. The third-order valence-electron chi connectivity index (χ3n) is 3.05. The summed E-state index contributed by atoms with van der Waals surface area (Å²) in [5.74, 6) is -4.39. The number of halogens is 2. The first kappa shape index (κ1) is 21.3. The number of non-ortho nitro benzene ring substituents is 1. The third-order valence-corrected chi connectivity index (χ3v) is 3.05. The molecule has 0 aliphatic carbocycles. The largest absolute Gasteiger partial charge is 0.495 e. The first-order chi connectivity index (χ1) is 12.6. The molecule has 0 aromatic heterocycles. The fraction of sp³-hybridized carbons (Fsp3) is 0.125. The molecule has 2 rings (SSSR count). The topological polar surface area (TPSA) is 139 Å². The highest BCUT2D eigenvalue weighted by molar-refractivity contribution is 6.27. The minimum Gasteiger partial charge on any atom is -0.495 e. The summed E-state index contributed by atoms with van der Waals surface area (Å²) < 4.78 is 31.7. The summed E-state index contributed by atoms with van der Waals surface area (Å²) >= 11 is 0. The fourth-order valence-electron chi connectivity index (χ4n) is 1.82. The van der Waals surface area contributed by atoms with Crippen LogP contribution < -0.4 is 10.1 Å². The average Bonchev–Trinajstić information content (AvgIpc) is 2.62. The molecule has 3 N–H and O–H groups in total. The highest BCUT2D eigenvalue weighted by Gasteiger charge is 2.12. The van der Waals surface area contributed by atoms with Crippen molar-refractivity contribution < 1.29 is 38.2 Å². The van der Waals surface area contributed by atoms with Gasteiger partial charge in [-0.3, -0.25) is 10.1 Å². The van der Waals surface area contributed by atoms with E-state index in [0.29, 0.717) is 11.4 Å². The number of methoxy groups -OCH3 is 1. The Morgan fingerprint density at radius 1 is 1.15 bits per heavy atom. The van der Waals surface area contributed by atoms with E-state index in [2.05, 4.69) is 5.32 Å². The molecule has 0 fully saturated rings. The van der Waals surface area contributed by atoms with Gasteiger partial charge in [-0.05, 0) is 24.3 Å². The molecule has 0 unspecified atom stereocenters. The number of carbonyl (C=O) groups is 2. The van der Waals surface area contributed by atoms with E-state index in [9.17, 15) is 18.9 Å². The molecule has 0 saturated heterocycles. The van der Waals surface area contributed by atoms with Crippen LogP contribution in [-0.2, 0) is 16.1 Å². The molecule has 144 valence electrons. The van der Waals surface area contributed by atoms with Crippen LogP contribution in [0.15, 0.2) is 36.4 Å². The number of carboxylic acid groups (broad SMARTS) is 2. The molecule has 0 amide bonds. The van der Waals surface area contributed by atoms with Gasteiger partial charge >= 0.3 is 11.9 Å². The van der Waals surface area contributed by atoms with Crippen LogP contribution in [0.2, 0.25) is 0 Å². The van der Waals surface area contributed by atoms with Gasteiger partial charge in [0.15, 0.2) is 0 Å². The van der Waals surface area contributed by atoms with Gasteiger partial charge in [-0.1, -0.05) is 0 Å². The van der Waals surface area contributed by atoms with Crippen molar-refractivity contribution in [1.82, 2.24) is 0 Å². The maximum Gasteiger partial charge on any atom is 0.414 e. The number of nitrogens with one attached hydrogen (secondary N) is 1. The molecular weight excluding hydrogens is 370 g/mol. The van der Waals surface area contributed by atoms with Crippen molar-refractivity contribution in [2.24, 2.45) is 0 Å². The Balaban J connectivity index is 0.000000527. The van der Waals surface area contributed by atoms with Crippen LogP contribution in [0.25, 0.3) is 0 Å². The number of carboxylic acids is 2. The maximum absolute atomic E-state index is 13.5. The normalized spacial score (nSPS) is 9.59. The highest BCUT2D eigenvalue weighted by atomic mass is 19.1. The van der Waals surface area contributed by atoms with E-state index in [1.807, 2.05) is 0 Å². The van der Waals surface area contributed by atoms with Gasteiger partial charge in [0.1, 0.15) is 17.4 Å². The van der Waals surface area contributed by atoms with Gasteiger partial charge in [0.05, 0.1) is 17.7 Å². The second-order valence-corrected chi connectivity index (χ2v) is 4.84. The van der Waals surface area contributed by atoms with Gasteiger partial charge in [-0.15, -0.1) is 0 Å². The lowest BCUT2D eigenvalue weighted by Crippen LogP contribution is -2.09. The number of nitrogens with zero attached hydrogens (tertiary/aromatic N) is 1. The molecular formula is C16H14F2N2O7. The summed E-state index contributed by atoms with van der Waals surface area (Å²) in [6, 6.07) is 7.11. The Hall–Kier alpha value is -3.76. The molecule has 0 heterocycles. The van der Waals surface area contributed by atoms with Crippen molar-refractivity contribution in [2.45, 2.75) is 6.54 Å². The van der Waals surface area contributed by atoms with Crippen LogP contribution in [0.1, 0.15) is 5.56 Å². The molecule has 11 heteroatoms. The molecule has 0 aliphatic rings. The second-order valence-electron chi connectivity index (χ2n) is 4.84. The monoisotopic (exact) mass is 384 g/mol. The second kappa shape index (κ2) is 9.65. The number of hydrogen-bond acceptors (Lipinski definition) is 6. The maximum atomic E-state index is 13.5. The molecule has 0 spiro atoms. The molecule has 27 heavy (non-hydrogen) atoms. The number of anilines is 1. The lowest BCUT2D eigenvalue weighted by atomic mass is 10.2. The van der Waals surface area contributed by atoms with Crippen molar-refractivity contribution >= 4 is 23.3 Å². The minimum absolute atomic E-state index is 0.0267. The lowest BCUT2D eigenvalue weighted by molar-refractivity contribution is -0.384. The molecule has 0 bridgehead atoms. The summed E-state index contributed by atoms with van der Waals surface area (Å²) in [7, 11) is 1.41. The van der Waals surface area contributed by atoms with Gasteiger partial charge in [0.2, 0.25) is 0 Å². The highest BCUT2D eigenvalue weighted by Crippen LogP contribution is 2.29. The Morgan fingerprint density at radius 3 is 2.30 bits per heavy atom. The molecule has 0 saturated carbocycles. The average molecular weight is 384 g/mol. The first-order valence-electron chi connectivity index (χ1n) is 7.12. The number of aliphatic carboxylic acids is 2. The van der Waals surface area contributed by atoms with Crippen molar-refractivity contribution in [1.29, 1.82) is 0 Å². The summed E-state index contributed by atoms with van der Waals surface area (Å²) in [6.45, 7) is -0.0267. The number of nitro benzene ring substituents is 1. The van der Waals surface area contributed by atoms with E-state index in [-0.39, 0.29) is 17.8 Å². The SMILES string of the molecule is COc1ccc([N+](=O)[O-])cc1NCc1cc(F)ccc1F.O=C(O)C(=O)O. The van der Waals surface area contributed by atoms with E-state index in [4.69, 9.17) is 24.5 Å². The van der Waals surface area contributed by atoms with E-state index >= 15 is 0 Å². The number of nitro groups is 1. The van der Waals surface area contributed by atoms with Crippen LogP contribution in [-0.4, -0.2) is 34.2 Å². The van der Waals surface area contributed by atoms with Crippen LogP contribution in [0.4, 0.5) is 20.2 Å². The van der Waals surface area contributed by atoms with E-state index in [1.165, 1.54) is 25.3 Å². The van der Waals surface area contributed by atoms with Gasteiger partial charge in [-0.25, -0.2) is 18.4 Å². The quantitative estimate of drug-likeness (QED) is 0.406. The van der Waals surface area contributed by atoms with Crippen molar-refractivity contribution in [3.8, 4) is 5.75 Å². The number of hydrogen-bond donors (Lipinski definition) is 3. The van der Waals surface area contributed by atoms with E-state index in [1.54, 1.807) is 0 Å². The fourth-order valence-corrected chi connectivity index (χ4v) is 1.82. The zero-order chi connectivity index (χ0) is 20.6. The molecule has 9 nitrogen and oxygen atoms in total. The van der Waals surface area contributed by atoms with Crippen molar-refractivity contribution in [2.75, 3.05) is 12.4 Å². The van der Waals surface area contributed by atoms with Crippen LogP contribution >= 0.6 is 0 Å². The summed E-state index contributed by atoms with van der Waals surface area (Å²) in [5, 5.41) is 28.3. The number of ether oxygens (including phenoxy) is 1. The predicted molar refractivity (Wildman–Crippen MR) is 88.6 cm³/mol. The first-order valence-corrected chi connectivity index (χ1v) is 7.12. The van der Waals surface area contributed by atoms with Gasteiger partial charge in [-0.2, -0.15) is 0 Å². The molecule has 0 radical (unpaired) electrons. The Kier molecular flexibility index (Phi) is 7.61. The predicted octanol–water partition coefficient (Wildman–Crippen LogP) is 2.65. The molecule has 2 aromatic rings. The number of benzene rings is 2.